The third-order valence-corrected chi connectivity index (χ3v) is 5.68. The predicted molar refractivity (Wildman–Crippen MR) is 111 cm³/mol. The van der Waals surface area contributed by atoms with E-state index in [0.717, 1.165) is 42.6 Å². The Balaban J connectivity index is 1.12. The topological polar surface area (TPSA) is 112 Å². The smallest absolute Gasteiger partial charge is 0.318 e. The van der Waals surface area contributed by atoms with Crippen molar-refractivity contribution in [2.24, 2.45) is 0 Å². The number of nitrogens with zero attached hydrogens (tertiary/aromatic N) is 5. The van der Waals surface area contributed by atoms with Crippen LogP contribution in [-0.2, 0) is 32.4 Å². The third kappa shape index (κ3) is 3.96. The number of fused-ring (bicyclic) bond motifs is 2. The van der Waals surface area contributed by atoms with Crippen molar-refractivity contribution in [2.75, 3.05) is 11.9 Å². The van der Waals surface area contributed by atoms with Crippen LogP contribution in [-0.4, -0.2) is 48.9 Å². The number of urea groups is 1. The summed E-state index contributed by atoms with van der Waals surface area (Å²) in [6, 6.07) is 8.77. The summed E-state index contributed by atoms with van der Waals surface area (Å²) in [6.07, 6.45) is 7.11. The maximum atomic E-state index is 12.5. The summed E-state index contributed by atoms with van der Waals surface area (Å²) in [4.78, 5) is 23.4. The summed E-state index contributed by atoms with van der Waals surface area (Å²) in [5, 5.41) is 16.8. The number of H-pyrrole nitrogens is 1. The van der Waals surface area contributed by atoms with E-state index < -0.39 is 0 Å². The lowest BCUT2D eigenvalue weighted by Crippen LogP contribution is -2.37. The van der Waals surface area contributed by atoms with Crippen molar-refractivity contribution in [3.63, 3.8) is 0 Å². The van der Waals surface area contributed by atoms with Crippen LogP contribution >= 0.6 is 0 Å². The van der Waals surface area contributed by atoms with Gasteiger partial charge >= 0.3 is 6.03 Å². The third-order valence-electron chi connectivity index (χ3n) is 5.68. The first-order valence-electron chi connectivity index (χ1n) is 10.3. The Kier molecular flexibility index (Phi) is 5.00. The second kappa shape index (κ2) is 8.10. The lowest BCUT2D eigenvalue weighted by Gasteiger charge is -2.15. The molecule has 0 bridgehead atoms. The number of rotatable bonds is 6. The minimum atomic E-state index is -0.0751. The van der Waals surface area contributed by atoms with Crippen molar-refractivity contribution >= 4 is 12.0 Å². The maximum Gasteiger partial charge on any atom is 0.318 e. The molecule has 3 N–H and O–H groups in total. The molecular weight excluding hydrogens is 380 g/mol. The number of anilines is 1. The van der Waals surface area contributed by atoms with E-state index in [1.165, 1.54) is 11.1 Å². The summed E-state index contributed by atoms with van der Waals surface area (Å²) in [6.45, 7) is 1.64. The molecule has 5 rings (SSSR count). The lowest BCUT2D eigenvalue weighted by atomic mass is 10.1. The highest BCUT2D eigenvalue weighted by Crippen LogP contribution is 2.25. The number of carbonyl (C=O) groups is 1. The summed E-state index contributed by atoms with van der Waals surface area (Å²) < 4.78 is 0. The van der Waals surface area contributed by atoms with Crippen LogP contribution in [0.4, 0.5) is 10.7 Å². The van der Waals surface area contributed by atoms with Gasteiger partial charge in [0.15, 0.2) is 0 Å². The standard InChI is InChI=1S/C21H24N8O/c30-21(22-7-3-6-17-11-24-28-27-17)29-12-16-10-23-20(26-19(16)13-29)25-18-8-14-4-1-2-5-15(14)9-18/h1-2,4-5,10-11,18H,3,6-9,12-13H2,(H,22,30)(H,23,25,26)(H,24,27,28). The predicted octanol–water partition coefficient (Wildman–Crippen LogP) is 1.83. The Morgan fingerprint density at radius 1 is 1.13 bits per heavy atom. The van der Waals surface area contributed by atoms with E-state index in [-0.39, 0.29) is 6.03 Å². The number of hydrogen-bond acceptors (Lipinski definition) is 6. The summed E-state index contributed by atoms with van der Waals surface area (Å²) in [7, 11) is 0. The second-order valence-electron chi connectivity index (χ2n) is 7.84. The Labute approximate surface area is 174 Å². The zero-order valence-corrected chi connectivity index (χ0v) is 16.6. The molecule has 0 saturated carbocycles. The van der Waals surface area contributed by atoms with Crippen LogP contribution in [0.5, 0.6) is 0 Å². The van der Waals surface area contributed by atoms with Crippen molar-refractivity contribution in [3.8, 4) is 0 Å². The van der Waals surface area contributed by atoms with Crippen LogP contribution < -0.4 is 10.6 Å². The van der Waals surface area contributed by atoms with Gasteiger partial charge < -0.3 is 15.5 Å². The first-order chi connectivity index (χ1) is 14.7. The zero-order chi connectivity index (χ0) is 20.3. The molecule has 1 aromatic carbocycles. The SMILES string of the molecule is O=C(NCCCc1cn[nH]n1)N1Cc2cnc(NC3Cc4ccccc4C3)nc2C1. The molecule has 1 aliphatic carbocycles. The second-order valence-corrected chi connectivity index (χ2v) is 7.84. The first-order valence-corrected chi connectivity index (χ1v) is 10.3. The van der Waals surface area contributed by atoms with E-state index in [4.69, 9.17) is 0 Å². The minimum Gasteiger partial charge on any atom is -0.351 e. The average Bonchev–Trinajstić information content (AvgIpc) is 3.49. The molecule has 3 aromatic rings. The van der Waals surface area contributed by atoms with Crippen molar-refractivity contribution in [1.82, 2.24) is 35.6 Å². The number of nitrogens with one attached hydrogen (secondary N) is 3. The van der Waals surface area contributed by atoms with Crippen LogP contribution in [0.3, 0.4) is 0 Å². The van der Waals surface area contributed by atoms with Crippen molar-refractivity contribution in [2.45, 2.75) is 44.8 Å². The van der Waals surface area contributed by atoms with Crippen LogP contribution in [0.15, 0.2) is 36.7 Å². The first kappa shape index (κ1) is 18.5. The highest BCUT2D eigenvalue weighted by Gasteiger charge is 2.26. The average molecular weight is 404 g/mol. The lowest BCUT2D eigenvalue weighted by molar-refractivity contribution is 0.198. The summed E-state index contributed by atoms with van der Waals surface area (Å²) in [5.41, 5.74) is 5.61. The van der Waals surface area contributed by atoms with Gasteiger partial charge in [-0.05, 0) is 36.8 Å². The monoisotopic (exact) mass is 404 g/mol. The Bertz CT molecular complexity index is 1010. The number of aromatic amines is 1. The molecule has 2 amide bonds. The van der Waals surface area contributed by atoms with Crippen LogP contribution in [0.1, 0.15) is 34.5 Å². The Morgan fingerprint density at radius 2 is 1.97 bits per heavy atom. The molecule has 1 aliphatic heterocycles. The van der Waals surface area contributed by atoms with Gasteiger partial charge in [0.1, 0.15) is 0 Å². The van der Waals surface area contributed by atoms with Gasteiger partial charge in [-0.3, -0.25) is 0 Å². The van der Waals surface area contributed by atoms with Gasteiger partial charge in [-0.15, -0.1) is 0 Å². The highest BCUT2D eigenvalue weighted by molar-refractivity contribution is 5.74. The molecule has 0 atom stereocenters. The molecule has 0 saturated heterocycles. The Morgan fingerprint density at radius 3 is 2.73 bits per heavy atom. The number of benzene rings is 1. The van der Waals surface area contributed by atoms with Gasteiger partial charge in [-0.25, -0.2) is 14.8 Å². The van der Waals surface area contributed by atoms with E-state index in [0.29, 0.717) is 31.6 Å². The van der Waals surface area contributed by atoms with E-state index >= 15 is 0 Å². The summed E-state index contributed by atoms with van der Waals surface area (Å²) >= 11 is 0. The van der Waals surface area contributed by atoms with Crippen LogP contribution in [0, 0.1) is 0 Å². The van der Waals surface area contributed by atoms with Crippen molar-refractivity contribution < 1.29 is 4.79 Å². The van der Waals surface area contributed by atoms with E-state index in [2.05, 4.69) is 60.3 Å². The fraction of sp³-hybridized carbons (Fsp3) is 0.381. The van der Waals surface area contributed by atoms with Gasteiger partial charge in [0.2, 0.25) is 5.95 Å². The number of aryl methyl sites for hydroxylation is 1. The molecule has 0 radical (unpaired) electrons. The van der Waals surface area contributed by atoms with Crippen molar-refractivity contribution in [1.29, 1.82) is 0 Å². The largest absolute Gasteiger partial charge is 0.351 e. The van der Waals surface area contributed by atoms with Gasteiger partial charge in [0.05, 0.1) is 30.7 Å². The van der Waals surface area contributed by atoms with Gasteiger partial charge in [-0.1, -0.05) is 24.3 Å². The normalized spacial score (nSPS) is 15.1. The molecule has 2 aromatic heterocycles. The number of hydrogen-bond donors (Lipinski definition) is 3. The molecule has 3 heterocycles. The van der Waals surface area contributed by atoms with Gasteiger partial charge in [0, 0.05) is 24.3 Å². The van der Waals surface area contributed by atoms with Gasteiger partial charge in [0.25, 0.3) is 0 Å². The number of carbonyl (C=O) groups excluding carboxylic acids is 1. The van der Waals surface area contributed by atoms with E-state index in [9.17, 15) is 4.79 Å². The van der Waals surface area contributed by atoms with Crippen molar-refractivity contribution in [3.05, 3.63) is 64.7 Å². The van der Waals surface area contributed by atoms with Crippen LogP contribution in [0.2, 0.25) is 0 Å². The molecule has 9 heteroatoms. The van der Waals surface area contributed by atoms with Gasteiger partial charge in [-0.2, -0.15) is 15.4 Å². The molecular formula is C21H24N8O. The highest BCUT2D eigenvalue weighted by atomic mass is 16.2. The molecule has 9 nitrogen and oxygen atoms in total. The molecule has 2 aliphatic rings. The Hall–Kier alpha value is -3.49. The quantitative estimate of drug-likeness (QED) is 0.541. The molecule has 0 unspecified atom stereocenters. The fourth-order valence-corrected chi connectivity index (χ4v) is 4.13. The molecule has 0 spiro atoms. The van der Waals surface area contributed by atoms with E-state index in [1.807, 2.05) is 6.20 Å². The molecule has 0 fully saturated rings. The molecule has 154 valence electrons. The minimum absolute atomic E-state index is 0.0751. The molecule has 30 heavy (non-hydrogen) atoms. The fourth-order valence-electron chi connectivity index (χ4n) is 4.13. The summed E-state index contributed by atoms with van der Waals surface area (Å²) in [5.74, 6) is 0.640. The van der Waals surface area contributed by atoms with Crippen LogP contribution in [0.25, 0.3) is 0 Å². The van der Waals surface area contributed by atoms with E-state index in [1.54, 1.807) is 11.1 Å². The zero-order valence-electron chi connectivity index (χ0n) is 16.6. The maximum absolute atomic E-state index is 12.5. The number of aromatic nitrogens is 5. The number of amides is 2.